The lowest BCUT2D eigenvalue weighted by atomic mass is 9.99. The first-order valence-corrected chi connectivity index (χ1v) is 8.86. The predicted molar refractivity (Wildman–Crippen MR) is 103 cm³/mol. The van der Waals surface area contributed by atoms with E-state index in [9.17, 15) is 4.79 Å². The number of aryl methyl sites for hydroxylation is 5. The van der Waals surface area contributed by atoms with E-state index in [-0.39, 0.29) is 5.91 Å². The van der Waals surface area contributed by atoms with Crippen molar-refractivity contribution in [2.75, 3.05) is 12.4 Å². The first kappa shape index (κ1) is 19.3. The average Bonchev–Trinajstić information content (AvgIpc) is 2.55. The third-order valence-corrected chi connectivity index (χ3v) is 4.68. The second-order valence-electron chi connectivity index (χ2n) is 6.12. The van der Waals surface area contributed by atoms with Gasteiger partial charge in [-0.2, -0.15) is 0 Å². The van der Waals surface area contributed by atoms with E-state index in [0.717, 1.165) is 29.7 Å². The van der Waals surface area contributed by atoms with Crippen LogP contribution >= 0.6 is 11.6 Å². The van der Waals surface area contributed by atoms with Crippen LogP contribution in [0.5, 0.6) is 5.75 Å². The van der Waals surface area contributed by atoms with Crippen LogP contribution in [0.15, 0.2) is 12.1 Å². The van der Waals surface area contributed by atoms with E-state index in [4.69, 9.17) is 16.3 Å². The van der Waals surface area contributed by atoms with Crippen LogP contribution in [0, 0.1) is 20.8 Å². The highest BCUT2D eigenvalue weighted by Crippen LogP contribution is 2.33. The molecule has 0 spiro atoms. The lowest BCUT2D eigenvalue weighted by Crippen LogP contribution is -2.18. The minimum Gasteiger partial charge on any atom is -0.493 e. The monoisotopic (exact) mass is 360 g/mol. The van der Waals surface area contributed by atoms with Gasteiger partial charge in [0, 0.05) is 5.69 Å². The number of ether oxygens (including phenoxy) is 1. The fourth-order valence-electron chi connectivity index (χ4n) is 3.13. The number of hydrogen-bond donors (Lipinski definition) is 1. The van der Waals surface area contributed by atoms with Crippen molar-refractivity contribution in [3.8, 4) is 5.75 Å². The number of halogens is 1. The van der Waals surface area contributed by atoms with Crippen LogP contribution in [-0.2, 0) is 12.8 Å². The Morgan fingerprint density at radius 2 is 1.68 bits per heavy atom. The van der Waals surface area contributed by atoms with Gasteiger partial charge in [-0.3, -0.25) is 9.78 Å². The van der Waals surface area contributed by atoms with Crippen molar-refractivity contribution in [3.63, 3.8) is 0 Å². The molecule has 0 aliphatic heterocycles. The van der Waals surface area contributed by atoms with Gasteiger partial charge in [0.1, 0.15) is 0 Å². The summed E-state index contributed by atoms with van der Waals surface area (Å²) in [5.41, 5.74) is 5.91. The van der Waals surface area contributed by atoms with Crippen LogP contribution in [0.4, 0.5) is 5.69 Å². The maximum atomic E-state index is 13.0. The lowest BCUT2D eigenvalue weighted by molar-refractivity contribution is 0.102. The van der Waals surface area contributed by atoms with Gasteiger partial charge < -0.3 is 10.1 Å². The summed E-state index contributed by atoms with van der Waals surface area (Å²) in [5.74, 6) is 0.175. The van der Waals surface area contributed by atoms with Crippen LogP contribution in [0.1, 0.15) is 52.3 Å². The molecule has 0 radical (unpaired) electrons. The molecule has 0 unspecified atom stereocenters. The summed E-state index contributed by atoms with van der Waals surface area (Å²) < 4.78 is 5.30. The van der Waals surface area contributed by atoms with Crippen LogP contribution in [-0.4, -0.2) is 18.0 Å². The summed E-state index contributed by atoms with van der Waals surface area (Å²) in [6.45, 7) is 9.82. The SMILES string of the molecule is CCc1cc(C)cc(CC)c1NC(=O)c1c(C)nc(C)c(OC)c1Cl. The molecule has 4 nitrogen and oxygen atoms in total. The first-order chi connectivity index (χ1) is 11.8. The number of methoxy groups -OCH3 is 1. The lowest BCUT2D eigenvalue weighted by Gasteiger charge is -2.18. The molecule has 0 aliphatic carbocycles. The number of pyridine rings is 1. The highest BCUT2D eigenvalue weighted by molar-refractivity contribution is 6.36. The van der Waals surface area contributed by atoms with Gasteiger partial charge >= 0.3 is 0 Å². The average molecular weight is 361 g/mol. The maximum Gasteiger partial charge on any atom is 0.259 e. The van der Waals surface area contributed by atoms with Crippen LogP contribution < -0.4 is 10.1 Å². The molecule has 1 N–H and O–H groups in total. The van der Waals surface area contributed by atoms with Gasteiger partial charge in [0.05, 0.1) is 29.1 Å². The molecular formula is C20H25ClN2O2. The molecule has 1 heterocycles. The van der Waals surface area contributed by atoms with Gasteiger partial charge in [-0.05, 0) is 44.7 Å². The molecule has 1 aromatic carbocycles. The van der Waals surface area contributed by atoms with Gasteiger partial charge in [0.2, 0.25) is 0 Å². The Bertz CT molecular complexity index is 791. The molecule has 0 fully saturated rings. The fourth-order valence-corrected chi connectivity index (χ4v) is 3.56. The number of hydrogen-bond acceptors (Lipinski definition) is 3. The highest BCUT2D eigenvalue weighted by Gasteiger charge is 2.22. The third kappa shape index (κ3) is 3.79. The minimum absolute atomic E-state index is 0.262. The van der Waals surface area contributed by atoms with E-state index >= 15 is 0 Å². The molecule has 0 aliphatic rings. The number of amides is 1. The summed E-state index contributed by atoms with van der Waals surface area (Å²) >= 11 is 6.43. The summed E-state index contributed by atoms with van der Waals surface area (Å²) in [5, 5.41) is 3.36. The van der Waals surface area contributed by atoms with Crippen LogP contribution in [0.2, 0.25) is 5.02 Å². The molecule has 134 valence electrons. The molecule has 25 heavy (non-hydrogen) atoms. The molecule has 0 saturated heterocycles. The van der Waals surface area contributed by atoms with E-state index in [1.54, 1.807) is 6.92 Å². The van der Waals surface area contributed by atoms with E-state index in [0.29, 0.717) is 27.7 Å². The van der Waals surface area contributed by atoms with Gasteiger partial charge in [-0.25, -0.2) is 0 Å². The zero-order chi connectivity index (χ0) is 18.7. The number of carbonyl (C=O) groups is 1. The van der Waals surface area contributed by atoms with Crippen molar-refractivity contribution in [2.45, 2.75) is 47.5 Å². The molecule has 2 aromatic rings. The molecule has 0 atom stereocenters. The largest absolute Gasteiger partial charge is 0.493 e. The fraction of sp³-hybridized carbons (Fsp3) is 0.400. The predicted octanol–water partition coefficient (Wildman–Crippen LogP) is 5.05. The zero-order valence-corrected chi connectivity index (χ0v) is 16.5. The van der Waals surface area contributed by atoms with Gasteiger partial charge in [-0.1, -0.05) is 43.1 Å². The van der Waals surface area contributed by atoms with E-state index in [2.05, 4.69) is 43.2 Å². The topological polar surface area (TPSA) is 51.2 Å². The van der Waals surface area contributed by atoms with Gasteiger partial charge in [-0.15, -0.1) is 0 Å². The normalized spacial score (nSPS) is 10.7. The Labute approximate surface area is 154 Å². The van der Waals surface area contributed by atoms with E-state index in [1.807, 2.05) is 6.92 Å². The number of benzene rings is 1. The highest BCUT2D eigenvalue weighted by atomic mass is 35.5. The van der Waals surface area contributed by atoms with E-state index < -0.39 is 0 Å². The summed E-state index contributed by atoms with van der Waals surface area (Å²) in [6, 6.07) is 4.22. The number of rotatable bonds is 5. The Morgan fingerprint density at radius 3 is 2.16 bits per heavy atom. The first-order valence-electron chi connectivity index (χ1n) is 8.48. The van der Waals surface area contributed by atoms with Crippen molar-refractivity contribution in [3.05, 3.63) is 50.8 Å². The van der Waals surface area contributed by atoms with Crippen molar-refractivity contribution >= 4 is 23.2 Å². The molecule has 5 heteroatoms. The van der Waals surface area contributed by atoms with Gasteiger partial charge in [0.15, 0.2) is 5.75 Å². The summed E-state index contributed by atoms with van der Waals surface area (Å²) in [7, 11) is 1.53. The second kappa shape index (κ2) is 7.87. The minimum atomic E-state index is -0.262. The number of aromatic nitrogens is 1. The number of nitrogens with zero attached hydrogens (tertiary/aromatic N) is 1. The zero-order valence-electron chi connectivity index (χ0n) is 15.7. The second-order valence-corrected chi connectivity index (χ2v) is 6.50. The Kier molecular flexibility index (Phi) is 6.07. The molecule has 0 saturated carbocycles. The molecule has 1 aromatic heterocycles. The van der Waals surface area contributed by atoms with Gasteiger partial charge in [0.25, 0.3) is 5.91 Å². The number of carbonyl (C=O) groups excluding carboxylic acids is 1. The standard InChI is InChI=1S/C20H25ClN2O2/c1-7-14-9-11(3)10-15(8-2)18(14)23-20(24)16-12(4)22-13(5)19(25-6)17(16)21/h9-10H,7-8H2,1-6H3,(H,23,24). The molecule has 1 amide bonds. The smallest absolute Gasteiger partial charge is 0.259 e. The number of nitrogens with one attached hydrogen (secondary N) is 1. The van der Waals surface area contributed by atoms with Crippen molar-refractivity contribution in [1.29, 1.82) is 0 Å². The van der Waals surface area contributed by atoms with Crippen molar-refractivity contribution in [1.82, 2.24) is 4.98 Å². The Balaban J connectivity index is 2.52. The molecular weight excluding hydrogens is 336 g/mol. The summed E-state index contributed by atoms with van der Waals surface area (Å²) in [6.07, 6.45) is 1.68. The Morgan fingerprint density at radius 1 is 1.12 bits per heavy atom. The molecule has 2 rings (SSSR count). The molecule has 0 bridgehead atoms. The summed E-state index contributed by atoms with van der Waals surface area (Å²) in [4.78, 5) is 17.4. The quantitative estimate of drug-likeness (QED) is 0.812. The number of anilines is 1. The van der Waals surface area contributed by atoms with Crippen LogP contribution in [0.3, 0.4) is 0 Å². The Hall–Kier alpha value is -2.07. The third-order valence-electron chi connectivity index (χ3n) is 4.32. The van der Waals surface area contributed by atoms with Crippen molar-refractivity contribution < 1.29 is 9.53 Å². The van der Waals surface area contributed by atoms with E-state index in [1.165, 1.54) is 12.7 Å². The maximum absolute atomic E-state index is 13.0. The van der Waals surface area contributed by atoms with Crippen molar-refractivity contribution in [2.24, 2.45) is 0 Å². The van der Waals surface area contributed by atoms with Crippen LogP contribution in [0.25, 0.3) is 0 Å².